The summed E-state index contributed by atoms with van der Waals surface area (Å²) in [6, 6.07) is 0. The Bertz CT molecular complexity index is 134. The van der Waals surface area contributed by atoms with E-state index in [1.165, 1.54) is 12.2 Å². The average Bonchev–Trinajstić information content (AvgIpc) is 2.28. The lowest BCUT2D eigenvalue weighted by Gasteiger charge is -2.30. The van der Waals surface area contributed by atoms with Crippen LogP contribution >= 0.6 is 27.7 Å². The number of thioether (sulfide) groups is 1. The molecule has 0 radical (unpaired) electrons. The van der Waals surface area contributed by atoms with Gasteiger partial charge in [0.1, 0.15) is 0 Å². The molecule has 0 saturated carbocycles. The summed E-state index contributed by atoms with van der Waals surface area (Å²) in [7, 11) is 0. The summed E-state index contributed by atoms with van der Waals surface area (Å²) in [6.07, 6.45) is 1.41. The molecule has 1 aliphatic rings. The van der Waals surface area contributed by atoms with Crippen LogP contribution in [0.15, 0.2) is 0 Å². The Morgan fingerprint density at radius 1 is 1.64 bits per heavy atom. The Morgan fingerprint density at radius 2 is 2.27 bits per heavy atom. The Kier molecular flexibility index (Phi) is 3.33. The number of hydrogen-bond donors (Lipinski definition) is 0. The smallest absolute Gasteiger partial charge is 0.0135 e. The first-order valence-electron chi connectivity index (χ1n) is 4.28. The van der Waals surface area contributed by atoms with Gasteiger partial charge in [0.15, 0.2) is 0 Å². The molecule has 0 nitrogen and oxygen atoms in total. The van der Waals surface area contributed by atoms with Crippen molar-refractivity contribution >= 4 is 27.7 Å². The quantitative estimate of drug-likeness (QED) is 0.662. The lowest BCUT2D eigenvalue weighted by Crippen LogP contribution is -2.28. The zero-order valence-corrected chi connectivity index (χ0v) is 9.96. The minimum atomic E-state index is 0.521. The van der Waals surface area contributed by atoms with Crippen LogP contribution in [0.5, 0.6) is 0 Å². The molecule has 0 amide bonds. The van der Waals surface area contributed by atoms with Crippen LogP contribution in [0.3, 0.4) is 0 Å². The molecule has 0 spiro atoms. The second-order valence-corrected chi connectivity index (χ2v) is 6.38. The van der Waals surface area contributed by atoms with Gasteiger partial charge in [-0.2, -0.15) is 11.8 Å². The molecule has 1 fully saturated rings. The van der Waals surface area contributed by atoms with Gasteiger partial charge in [0.05, 0.1) is 0 Å². The number of rotatable bonds is 2. The van der Waals surface area contributed by atoms with E-state index < -0.39 is 0 Å². The Balaban J connectivity index is 2.57. The molecule has 66 valence electrons. The van der Waals surface area contributed by atoms with Crippen LogP contribution in [-0.2, 0) is 0 Å². The minimum absolute atomic E-state index is 0.521. The Labute approximate surface area is 82.6 Å². The first kappa shape index (κ1) is 9.91. The molecule has 2 heteroatoms. The van der Waals surface area contributed by atoms with Gasteiger partial charge >= 0.3 is 0 Å². The van der Waals surface area contributed by atoms with E-state index in [9.17, 15) is 0 Å². The van der Waals surface area contributed by atoms with E-state index >= 15 is 0 Å². The van der Waals surface area contributed by atoms with Gasteiger partial charge in [-0.05, 0) is 24.0 Å². The van der Waals surface area contributed by atoms with Gasteiger partial charge in [-0.1, -0.05) is 36.7 Å². The maximum atomic E-state index is 3.57. The van der Waals surface area contributed by atoms with E-state index in [2.05, 4.69) is 48.5 Å². The normalized spacial score (nSPS) is 32.2. The summed E-state index contributed by atoms with van der Waals surface area (Å²) >= 11 is 5.70. The molecule has 0 aromatic carbocycles. The average molecular weight is 237 g/mol. The lowest BCUT2D eigenvalue weighted by molar-refractivity contribution is 0.331. The molecule has 11 heavy (non-hydrogen) atoms. The predicted octanol–water partition coefficient (Wildman–Crippen LogP) is 3.55. The predicted molar refractivity (Wildman–Crippen MR) is 57.6 cm³/mol. The van der Waals surface area contributed by atoms with Gasteiger partial charge in [-0.25, -0.2) is 0 Å². The van der Waals surface area contributed by atoms with Crippen LogP contribution < -0.4 is 0 Å². The molecule has 0 aromatic rings. The highest BCUT2D eigenvalue weighted by molar-refractivity contribution is 9.09. The van der Waals surface area contributed by atoms with E-state index in [1.54, 1.807) is 0 Å². The van der Waals surface area contributed by atoms with Crippen molar-refractivity contribution < 1.29 is 0 Å². The Hall–Kier alpha value is 0.830. The van der Waals surface area contributed by atoms with Crippen LogP contribution in [0.25, 0.3) is 0 Å². The van der Waals surface area contributed by atoms with Crippen molar-refractivity contribution in [3.8, 4) is 0 Å². The summed E-state index contributed by atoms with van der Waals surface area (Å²) in [5.74, 6) is 3.10. The van der Waals surface area contributed by atoms with Gasteiger partial charge in [-0.3, -0.25) is 0 Å². The highest BCUT2D eigenvalue weighted by atomic mass is 79.9. The minimum Gasteiger partial charge on any atom is -0.155 e. The van der Waals surface area contributed by atoms with E-state index in [0.29, 0.717) is 4.75 Å². The van der Waals surface area contributed by atoms with Gasteiger partial charge in [0.25, 0.3) is 0 Å². The van der Waals surface area contributed by atoms with E-state index in [-0.39, 0.29) is 0 Å². The molecule has 0 bridgehead atoms. The second-order valence-electron chi connectivity index (χ2n) is 3.98. The highest BCUT2D eigenvalue weighted by Gasteiger charge is 2.37. The molecular formula is C9H17BrS. The van der Waals surface area contributed by atoms with Crippen LogP contribution in [0.4, 0.5) is 0 Å². The fourth-order valence-electron chi connectivity index (χ4n) is 1.98. The summed E-state index contributed by atoms with van der Waals surface area (Å²) in [6.45, 7) is 7.12. The topological polar surface area (TPSA) is 0 Å². The monoisotopic (exact) mass is 236 g/mol. The number of alkyl halides is 1. The highest BCUT2D eigenvalue weighted by Crippen LogP contribution is 2.46. The molecule has 1 rings (SSSR count). The van der Waals surface area contributed by atoms with Gasteiger partial charge in [-0.15, -0.1) is 0 Å². The van der Waals surface area contributed by atoms with Gasteiger partial charge in [0.2, 0.25) is 0 Å². The van der Waals surface area contributed by atoms with Crippen molar-refractivity contribution in [3.63, 3.8) is 0 Å². The van der Waals surface area contributed by atoms with Crippen LogP contribution in [0, 0.1) is 11.8 Å². The summed E-state index contributed by atoms with van der Waals surface area (Å²) in [4.78, 5) is 0. The molecule has 0 N–H and O–H groups in total. The maximum Gasteiger partial charge on any atom is 0.0135 e. The molecule has 0 aliphatic carbocycles. The van der Waals surface area contributed by atoms with Crippen LogP contribution in [-0.4, -0.2) is 15.8 Å². The SMILES string of the molecule is CC(CBr)C1CCSC1(C)C. The zero-order chi connectivity index (χ0) is 8.48. The maximum absolute atomic E-state index is 3.57. The summed E-state index contributed by atoms with van der Waals surface area (Å²) in [5.41, 5.74) is 0. The number of hydrogen-bond acceptors (Lipinski definition) is 1. The standard InChI is InChI=1S/C9H17BrS/c1-7(6-10)8-4-5-11-9(8,2)3/h7-8H,4-6H2,1-3H3. The molecule has 0 aromatic heterocycles. The summed E-state index contributed by atoms with van der Waals surface area (Å²) < 4.78 is 0.521. The van der Waals surface area contributed by atoms with E-state index in [4.69, 9.17) is 0 Å². The lowest BCUT2D eigenvalue weighted by atomic mass is 9.83. The first-order chi connectivity index (χ1) is 5.08. The van der Waals surface area contributed by atoms with Gasteiger partial charge in [0, 0.05) is 10.1 Å². The first-order valence-corrected chi connectivity index (χ1v) is 6.38. The molecule has 1 saturated heterocycles. The van der Waals surface area contributed by atoms with Crippen LogP contribution in [0.1, 0.15) is 27.2 Å². The molecule has 2 unspecified atom stereocenters. The van der Waals surface area contributed by atoms with E-state index in [1.807, 2.05) is 0 Å². The number of halogens is 1. The zero-order valence-electron chi connectivity index (χ0n) is 7.56. The fourth-order valence-corrected chi connectivity index (χ4v) is 3.89. The third-order valence-corrected chi connectivity index (χ3v) is 5.23. The van der Waals surface area contributed by atoms with Crippen LogP contribution in [0.2, 0.25) is 0 Å². The van der Waals surface area contributed by atoms with Crippen molar-refractivity contribution in [2.24, 2.45) is 11.8 Å². The summed E-state index contributed by atoms with van der Waals surface area (Å²) in [5, 5.41) is 1.15. The molecule has 1 aliphatic heterocycles. The molecule has 1 heterocycles. The van der Waals surface area contributed by atoms with Crippen molar-refractivity contribution in [1.29, 1.82) is 0 Å². The Morgan fingerprint density at radius 3 is 2.64 bits per heavy atom. The fraction of sp³-hybridized carbons (Fsp3) is 1.00. The second kappa shape index (κ2) is 3.69. The van der Waals surface area contributed by atoms with Crippen molar-refractivity contribution in [2.75, 3.05) is 11.1 Å². The third-order valence-electron chi connectivity index (χ3n) is 2.73. The third kappa shape index (κ3) is 2.15. The van der Waals surface area contributed by atoms with Gasteiger partial charge < -0.3 is 0 Å². The molecule has 2 atom stereocenters. The van der Waals surface area contributed by atoms with E-state index in [0.717, 1.165) is 17.2 Å². The van der Waals surface area contributed by atoms with Crippen molar-refractivity contribution in [3.05, 3.63) is 0 Å². The van der Waals surface area contributed by atoms with Crippen molar-refractivity contribution in [1.82, 2.24) is 0 Å². The molecular weight excluding hydrogens is 220 g/mol. The largest absolute Gasteiger partial charge is 0.155 e. The van der Waals surface area contributed by atoms with Crippen molar-refractivity contribution in [2.45, 2.75) is 31.9 Å².